The van der Waals surface area contributed by atoms with Crippen LogP contribution in [0.25, 0.3) is 16.6 Å². The van der Waals surface area contributed by atoms with Crippen LogP contribution in [0.5, 0.6) is 0 Å². The molecule has 6 heteroatoms. The van der Waals surface area contributed by atoms with Gasteiger partial charge in [0, 0.05) is 29.1 Å². The van der Waals surface area contributed by atoms with Gasteiger partial charge in [-0.05, 0) is 30.5 Å². The van der Waals surface area contributed by atoms with Crippen LogP contribution < -0.4 is 0 Å². The first-order valence-corrected chi connectivity index (χ1v) is 11.0. The number of aliphatic imine (C=N–C) groups is 1. The number of nitrogens with one attached hydrogen (secondary N) is 1. The topological polar surface area (TPSA) is 69.7 Å². The molecule has 0 spiro atoms. The zero-order valence-corrected chi connectivity index (χ0v) is 19.4. The maximum atomic E-state index is 14.1. The minimum absolute atomic E-state index is 0.296. The Bertz CT molecular complexity index is 1160. The standard InChI is InChI=1S/C26H31N3O3/c1-17(2)13-23-25(32-16-19-9-7-6-8-10-19)28-24(26(31-5)29(23,4)30)21-15-27-22-12-11-18(3)14-20(21)22/h6-12,14-15,17,23,27H,13,16H2,1-5H3. The number of rotatable bonds is 6. The van der Waals surface area contributed by atoms with Gasteiger partial charge in [0.05, 0.1) is 14.2 Å². The minimum Gasteiger partial charge on any atom is -0.625 e. The number of aryl methyl sites for hydroxylation is 1. The second-order valence-electron chi connectivity index (χ2n) is 8.97. The van der Waals surface area contributed by atoms with Gasteiger partial charge in [-0.15, -0.1) is 0 Å². The van der Waals surface area contributed by atoms with Crippen molar-refractivity contribution in [3.63, 3.8) is 0 Å². The number of hydrogen-bond donors (Lipinski definition) is 1. The molecule has 0 aliphatic carbocycles. The maximum Gasteiger partial charge on any atom is 0.319 e. The van der Waals surface area contributed by atoms with Crippen LogP contribution in [0.15, 0.2) is 65.6 Å². The van der Waals surface area contributed by atoms with Crippen LogP contribution in [0.1, 0.15) is 37.0 Å². The Morgan fingerprint density at radius 2 is 1.91 bits per heavy atom. The van der Waals surface area contributed by atoms with E-state index in [-0.39, 0.29) is 0 Å². The van der Waals surface area contributed by atoms with Crippen molar-refractivity contribution in [1.82, 2.24) is 4.98 Å². The summed E-state index contributed by atoms with van der Waals surface area (Å²) in [6.07, 6.45) is 2.53. The Morgan fingerprint density at radius 1 is 1.16 bits per heavy atom. The SMILES string of the molecule is COC1=C(c2c[nH]c3ccc(C)cc23)N=C(OCc2ccccc2)C(CC(C)C)[N+]1(C)[O-]. The molecule has 0 saturated carbocycles. The molecule has 168 valence electrons. The number of aromatic amines is 1. The van der Waals surface area contributed by atoms with Gasteiger partial charge >= 0.3 is 5.88 Å². The van der Waals surface area contributed by atoms with Gasteiger partial charge in [0.2, 0.25) is 0 Å². The number of fused-ring (bicyclic) bond motifs is 1. The van der Waals surface area contributed by atoms with Crippen molar-refractivity contribution in [2.75, 3.05) is 14.2 Å². The van der Waals surface area contributed by atoms with E-state index < -0.39 is 10.7 Å². The summed E-state index contributed by atoms with van der Waals surface area (Å²) in [5.74, 6) is 1.05. The van der Waals surface area contributed by atoms with Gasteiger partial charge in [0.25, 0.3) is 5.90 Å². The number of likely N-dealkylation sites (N-methyl/N-ethyl adjacent to an activating group) is 1. The number of hydroxylamine groups is 3. The van der Waals surface area contributed by atoms with Gasteiger partial charge in [-0.1, -0.05) is 55.8 Å². The molecule has 0 saturated heterocycles. The first-order valence-electron chi connectivity index (χ1n) is 11.0. The van der Waals surface area contributed by atoms with Crippen LogP contribution in [-0.4, -0.2) is 35.7 Å². The maximum absolute atomic E-state index is 14.1. The first-order chi connectivity index (χ1) is 15.3. The molecule has 1 aliphatic rings. The summed E-state index contributed by atoms with van der Waals surface area (Å²) in [7, 11) is 3.17. The van der Waals surface area contributed by atoms with E-state index in [0.717, 1.165) is 27.6 Å². The van der Waals surface area contributed by atoms with Gasteiger partial charge in [-0.25, -0.2) is 4.99 Å². The number of benzene rings is 2. The number of hydrogen-bond acceptors (Lipinski definition) is 4. The summed E-state index contributed by atoms with van der Waals surface area (Å²) >= 11 is 0. The van der Waals surface area contributed by atoms with Crippen molar-refractivity contribution in [3.8, 4) is 0 Å². The normalized spacial score (nSPS) is 21.2. The largest absolute Gasteiger partial charge is 0.625 e. The average molecular weight is 434 g/mol. The number of H-pyrrole nitrogens is 1. The molecule has 6 nitrogen and oxygen atoms in total. The second-order valence-corrected chi connectivity index (χ2v) is 8.97. The third-order valence-electron chi connectivity index (χ3n) is 5.92. The molecule has 2 aromatic carbocycles. The van der Waals surface area contributed by atoms with Gasteiger partial charge < -0.3 is 19.7 Å². The lowest BCUT2D eigenvalue weighted by Gasteiger charge is -2.47. The van der Waals surface area contributed by atoms with Crippen LogP contribution in [0.3, 0.4) is 0 Å². The molecule has 0 fully saturated rings. The fraction of sp³-hybridized carbons (Fsp3) is 0.346. The Balaban J connectivity index is 1.83. The van der Waals surface area contributed by atoms with Crippen molar-refractivity contribution in [1.29, 1.82) is 0 Å². The second kappa shape index (κ2) is 8.81. The zero-order valence-electron chi connectivity index (χ0n) is 19.4. The number of nitrogens with zero attached hydrogens (tertiary/aromatic N) is 2. The summed E-state index contributed by atoms with van der Waals surface area (Å²) in [6, 6.07) is 15.6. The molecule has 2 atom stereocenters. The average Bonchev–Trinajstić information content (AvgIpc) is 3.17. The van der Waals surface area contributed by atoms with Crippen molar-refractivity contribution < 1.29 is 14.1 Å². The molecule has 32 heavy (non-hydrogen) atoms. The van der Waals surface area contributed by atoms with Crippen molar-refractivity contribution in [2.24, 2.45) is 10.9 Å². The molecule has 2 unspecified atom stereocenters. The lowest BCUT2D eigenvalue weighted by atomic mass is 9.99. The predicted octanol–water partition coefficient (Wildman–Crippen LogP) is 5.74. The summed E-state index contributed by atoms with van der Waals surface area (Å²) in [4.78, 5) is 8.21. The Labute approximate surface area is 189 Å². The monoisotopic (exact) mass is 433 g/mol. The highest BCUT2D eigenvalue weighted by molar-refractivity contribution is 5.97. The third kappa shape index (κ3) is 4.16. The molecule has 0 bridgehead atoms. The molecule has 4 rings (SSSR count). The highest BCUT2D eigenvalue weighted by atomic mass is 16.6. The Kier molecular flexibility index (Phi) is 6.09. The number of ether oxygens (including phenoxy) is 2. The van der Waals surface area contributed by atoms with Crippen molar-refractivity contribution >= 4 is 22.5 Å². The van der Waals surface area contributed by atoms with E-state index in [1.54, 1.807) is 14.2 Å². The van der Waals surface area contributed by atoms with E-state index in [4.69, 9.17) is 14.5 Å². The minimum atomic E-state index is -0.698. The summed E-state index contributed by atoms with van der Waals surface area (Å²) in [5.41, 5.74) is 4.51. The van der Waals surface area contributed by atoms with E-state index in [0.29, 0.717) is 36.4 Å². The first kappa shape index (κ1) is 22.1. The zero-order chi connectivity index (χ0) is 22.9. The van der Waals surface area contributed by atoms with Crippen LogP contribution in [0.4, 0.5) is 0 Å². The molecular formula is C26H31N3O3. The summed E-state index contributed by atoms with van der Waals surface area (Å²) in [6.45, 7) is 6.61. The predicted molar refractivity (Wildman–Crippen MR) is 128 cm³/mol. The number of aromatic nitrogens is 1. The van der Waals surface area contributed by atoms with E-state index in [9.17, 15) is 5.21 Å². The lowest BCUT2D eigenvalue weighted by Crippen LogP contribution is -2.54. The van der Waals surface area contributed by atoms with E-state index in [2.05, 4.69) is 31.0 Å². The third-order valence-corrected chi connectivity index (χ3v) is 5.92. The molecule has 3 aromatic rings. The van der Waals surface area contributed by atoms with E-state index >= 15 is 0 Å². The molecule has 2 heterocycles. The fourth-order valence-electron chi connectivity index (χ4n) is 4.29. The van der Waals surface area contributed by atoms with Crippen LogP contribution >= 0.6 is 0 Å². The summed E-state index contributed by atoms with van der Waals surface area (Å²) in [5, 5.41) is 15.1. The van der Waals surface area contributed by atoms with Gasteiger partial charge in [-0.2, -0.15) is 0 Å². The van der Waals surface area contributed by atoms with Crippen molar-refractivity contribution in [3.05, 3.63) is 82.5 Å². The molecule has 1 aromatic heterocycles. The summed E-state index contributed by atoms with van der Waals surface area (Å²) < 4.78 is 11.2. The Morgan fingerprint density at radius 3 is 2.59 bits per heavy atom. The molecule has 1 N–H and O–H groups in total. The highest BCUT2D eigenvalue weighted by Gasteiger charge is 2.43. The molecule has 1 aliphatic heterocycles. The van der Waals surface area contributed by atoms with Crippen molar-refractivity contribution in [2.45, 2.75) is 39.8 Å². The lowest BCUT2D eigenvalue weighted by molar-refractivity contribution is -0.855. The van der Waals surface area contributed by atoms with Gasteiger partial charge in [-0.3, -0.25) is 4.65 Å². The fourth-order valence-corrected chi connectivity index (χ4v) is 4.29. The van der Waals surface area contributed by atoms with Gasteiger partial charge in [0.1, 0.15) is 6.61 Å². The Hall–Kier alpha value is -3.09. The number of quaternary nitrogens is 1. The smallest absolute Gasteiger partial charge is 0.319 e. The van der Waals surface area contributed by atoms with Crippen LogP contribution in [0, 0.1) is 18.0 Å². The quantitative estimate of drug-likeness (QED) is 0.398. The van der Waals surface area contributed by atoms with E-state index in [1.807, 2.05) is 49.5 Å². The molecule has 0 amide bonds. The molecular weight excluding hydrogens is 402 g/mol. The van der Waals surface area contributed by atoms with Crippen LogP contribution in [-0.2, 0) is 16.1 Å². The highest BCUT2D eigenvalue weighted by Crippen LogP contribution is 2.39. The molecule has 0 radical (unpaired) electrons. The van der Waals surface area contributed by atoms with Crippen LogP contribution in [0.2, 0.25) is 0 Å². The van der Waals surface area contributed by atoms with Gasteiger partial charge in [0.15, 0.2) is 11.7 Å². The van der Waals surface area contributed by atoms with E-state index in [1.165, 1.54) is 0 Å². The number of methoxy groups -OCH3 is 1.